The Morgan fingerprint density at radius 1 is 1.17 bits per heavy atom. The Balaban J connectivity index is 1.42. The van der Waals surface area contributed by atoms with Gasteiger partial charge in [0.15, 0.2) is 5.69 Å². The molecule has 2 N–H and O–H groups in total. The van der Waals surface area contributed by atoms with Crippen molar-refractivity contribution < 1.29 is 18.0 Å². The van der Waals surface area contributed by atoms with E-state index in [1.54, 1.807) is 18.7 Å². The Labute approximate surface area is 174 Å². The van der Waals surface area contributed by atoms with Crippen molar-refractivity contribution in [1.29, 1.82) is 0 Å². The minimum Gasteiger partial charge on any atom is -0.354 e. The van der Waals surface area contributed by atoms with Crippen LogP contribution >= 0.6 is 11.8 Å². The molecule has 30 heavy (non-hydrogen) atoms. The van der Waals surface area contributed by atoms with Crippen molar-refractivity contribution in [2.75, 3.05) is 5.32 Å². The molecule has 0 saturated carbocycles. The molecule has 0 saturated heterocycles. The summed E-state index contributed by atoms with van der Waals surface area (Å²) in [5.41, 5.74) is 4.64. The zero-order chi connectivity index (χ0) is 21.3. The zero-order valence-electron chi connectivity index (χ0n) is 15.7. The highest BCUT2D eigenvalue weighted by Crippen LogP contribution is 2.44. The first-order valence-corrected chi connectivity index (χ1v) is 9.73. The summed E-state index contributed by atoms with van der Waals surface area (Å²) in [6.45, 7) is 1.37. The Morgan fingerprint density at radius 3 is 2.70 bits per heavy atom. The second-order valence-electron chi connectivity index (χ2n) is 6.56. The summed E-state index contributed by atoms with van der Waals surface area (Å²) >= 11 is 1.66. The van der Waals surface area contributed by atoms with Crippen molar-refractivity contribution >= 4 is 34.8 Å². The van der Waals surface area contributed by atoms with Crippen LogP contribution < -0.4 is 10.7 Å². The fraction of sp³-hybridized carbons (Fsp3) is 0.150. The number of aromatic nitrogens is 2. The first kappa shape index (κ1) is 20.0. The standard InChI is InChI=1S/C20H16F3N5OS/c1-12(25-26-19(29)11-28-9-8-18(27-28)20(21,22)23)13-6-7-17-15(10-13)24-14-4-2-3-5-16(14)30-17/h2-10,24H,11H2,1H3,(H,26,29). The third-order valence-electron chi connectivity index (χ3n) is 4.36. The molecule has 6 nitrogen and oxygen atoms in total. The Morgan fingerprint density at radius 2 is 1.93 bits per heavy atom. The van der Waals surface area contributed by atoms with Gasteiger partial charge in [-0.25, -0.2) is 5.43 Å². The van der Waals surface area contributed by atoms with Gasteiger partial charge in [-0.05, 0) is 42.8 Å². The zero-order valence-corrected chi connectivity index (χ0v) is 16.5. The highest BCUT2D eigenvalue weighted by Gasteiger charge is 2.33. The van der Waals surface area contributed by atoms with Gasteiger partial charge in [0.25, 0.3) is 5.91 Å². The molecule has 3 aromatic rings. The van der Waals surface area contributed by atoms with Gasteiger partial charge in [0.1, 0.15) is 6.54 Å². The molecule has 1 aliphatic heterocycles. The number of carbonyl (C=O) groups excluding carboxylic acids is 1. The lowest BCUT2D eigenvalue weighted by molar-refractivity contribution is -0.141. The molecule has 1 aliphatic rings. The SMILES string of the molecule is CC(=NNC(=O)Cn1ccc(C(F)(F)F)n1)c1ccc2c(c1)Nc1ccccc1S2. The number of para-hydroxylation sites is 1. The lowest BCUT2D eigenvalue weighted by Gasteiger charge is -2.21. The maximum absolute atomic E-state index is 12.6. The van der Waals surface area contributed by atoms with Crippen LogP contribution in [0.3, 0.4) is 0 Å². The van der Waals surface area contributed by atoms with Gasteiger partial charge in [0, 0.05) is 16.0 Å². The van der Waals surface area contributed by atoms with Crippen LogP contribution in [-0.4, -0.2) is 21.4 Å². The number of hydrogen-bond acceptors (Lipinski definition) is 5. The number of amides is 1. The maximum Gasteiger partial charge on any atom is 0.435 e. The van der Waals surface area contributed by atoms with Gasteiger partial charge in [0.05, 0.1) is 17.1 Å². The highest BCUT2D eigenvalue weighted by molar-refractivity contribution is 7.99. The second kappa shape index (κ2) is 7.86. The third-order valence-corrected chi connectivity index (χ3v) is 5.51. The maximum atomic E-state index is 12.6. The van der Waals surface area contributed by atoms with E-state index in [0.717, 1.165) is 43.7 Å². The predicted molar refractivity (Wildman–Crippen MR) is 108 cm³/mol. The molecule has 0 atom stereocenters. The lowest BCUT2D eigenvalue weighted by atomic mass is 10.1. The summed E-state index contributed by atoms with van der Waals surface area (Å²) in [7, 11) is 0. The molecular formula is C20H16F3N5OS. The van der Waals surface area contributed by atoms with Gasteiger partial charge < -0.3 is 5.32 Å². The molecule has 154 valence electrons. The Bertz CT molecular complexity index is 1140. The van der Waals surface area contributed by atoms with Crippen molar-refractivity contribution in [2.24, 2.45) is 5.10 Å². The molecule has 0 spiro atoms. The van der Waals surface area contributed by atoms with Crippen LogP contribution in [-0.2, 0) is 17.5 Å². The number of hydrazone groups is 1. The average molecular weight is 431 g/mol. The molecule has 0 bridgehead atoms. The number of alkyl halides is 3. The van der Waals surface area contributed by atoms with Crippen LogP contribution in [0.15, 0.2) is 69.6 Å². The normalized spacial score (nSPS) is 13.3. The number of fused-ring (bicyclic) bond motifs is 2. The largest absolute Gasteiger partial charge is 0.435 e. The van der Waals surface area contributed by atoms with E-state index in [2.05, 4.69) is 20.9 Å². The van der Waals surface area contributed by atoms with Crippen molar-refractivity contribution in [1.82, 2.24) is 15.2 Å². The number of benzene rings is 2. The molecule has 0 aliphatic carbocycles. The summed E-state index contributed by atoms with van der Waals surface area (Å²) in [5, 5.41) is 10.8. The smallest absolute Gasteiger partial charge is 0.354 e. The topological polar surface area (TPSA) is 71.3 Å². The van der Waals surface area contributed by atoms with Crippen LogP contribution in [0.1, 0.15) is 18.2 Å². The average Bonchev–Trinajstić information content (AvgIpc) is 3.19. The Hall–Kier alpha value is -3.27. The number of nitrogens with one attached hydrogen (secondary N) is 2. The van der Waals surface area contributed by atoms with E-state index in [1.807, 2.05) is 42.5 Å². The van der Waals surface area contributed by atoms with E-state index in [4.69, 9.17) is 0 Å². The summed E-state index contributed by atoms with van der Waals surface area (Å²) in [4.78, 5) is 14.2. The minimum atomic E-state index is -4.55. The predicted octanol–water partition coefficient (Wildman–Crippen LogP) is 4.65. The van der Waals surface area contributed by atoms with Crippen molar-refractivity contribution in [2.45, 2.75) is 29.4 Å². The van der Waals surface area contributed by atoms with Gasteiger partial charge >= 0.3 is 6.18 Å². The molecule has 2 aromatic carbocycles. The van der Waals surface area contributed by atoms with E-state index in [9.17, 15) is 18.0 Å². The van der Waals surface area contributed by atoms with Crippen LogP contribution in [0.5, 0.6) is 0 Å². The summed E-state index contributed by atoms with van der Waals surface area (Å²) in [6, 6.07) is 14.6. The minimum absolute atomic E-state index is 0.369. The number of anilines is 2. The first-order valence-electron chi connectivity index (χ1n) is 8.92. The Kier molecular flexibility index (Phi) is 5.25. The molecule has 0 unspecified atom stereocenters. The van der Waals surface area contributed by atoms with Crippen molar-refractivity contribution in [3.8, 4) is 0 Å². The third kappa shape index (κ3) is 4.33. The molecule has 1 aromatic heterocycles. The van der Waals surface area contributed by atoms with Gasteiger partial charge in [0.2, 0.25) is 0 Å². The van der Waals surface area contributed by atoms with E-state index in [0.29, 0.717) is 5.71 Å². The molecule has 0 radical (unpaired) electrons. The van der Waals surface area contributed by atoms with E-state index < -0.39 is 17.8 Å². The summed E-state index contributed by atoms with van der Waals surface area (Å²) in [6.07, 6.45) is -3.45. The molecule has 2 heterocycles. The van der Waals surface area contributed by atoms with Gasteiger partial charge in [-0.2, -0.15) is 23.4 Å². The number of nitrogens with zero attached hydrogens (tertiary/aromatic N) is 3. The van der Waals surface area contributed by atoms with Crippen LogP contribution in [0.25, 0.3) is 0 Å². The number of carbonyl (C=O) groups is 1. The highest BCUT2D eigenvalue weighted by atomic mass is 32.2. The molecular weight excluding hydrogens is 415 g/mol. The van der Waals surface area contributed by atoms with E-state index in [1.165, 1.54) is 0 Å². The monoisotopic (exact) mass is 431 g/mol. The van der Waals surface area contributed by atoms with E-state index >= 15 is 0 Å². The lowest BCUT2D eigenvalue weighted by Crippen LogP contribution is -2.24. The number of hydrogen-bond donors (Lipinski definition) is 2. The van der Waals surface area contributed by atoms with Crippen LogP contribution in [0.4, 0.5) is 24.5 Å². The second-order valence-corrected chi connectivity index (χ2v) is 7.65. The van der Waals surface area contributed by atoms with Crippen LogP contribution in [0.2, 0.25) is 0 Å². The molecule has 10 heteroatoms. The molecule has 4 rings (SSSR count). The van der Waals surface area contributed by atoms with Crippen molar-refractivity contribution in [3.05, 3.63) is 66.0 Å². The summed E-state index contributed by atoms with van der Waals surface area (Å²) in [5.74, 6) is -0.577. The van der Waals surface area contributed by atoms with Gasteiger partial charge in [-0.15, -0.1) is 0 Å². The van der Waals surface area contributed by atoms with Gasteiger partial charge in [-0.3, -0.25) is 9.48 Å². The van der Waals surface area contributed by atoms with E-state index in [-0.39, 0.29) is 6.54 Å². The summed E-state index contributed by atoms with van der Waals surface area (Å²) < 4.78 is 38.6. The number of rotatable bonds is 4. The molecule has 1 amide bonds. The van der Waals surface area contributed by atoms with Crippen molar-refractivity contribution in [3.63, 3.8) is 0 Å². The van der Waals surface area contributed by atoms with Gasteiger partial charge in [-0.1, -0.05) is 30.0 Å². The van der Waals surface area contributed by atoms with Crippen LogP contribution in [0, 0.1) is 0 Å². The number of halogens is 3. The fourth-order valence-electron chi connectivity index (χ4n) is 2.86. The quantitative estimate of drug-likeness (QED) is 0.365. The molecule has 0 fully saturated rings. The first-order chi connectivity index (χ1) is 14.3. The fourth-order valence-corrected chi connectivity index (χ4v) is 3.83.